The molecule has 0 aliphatic carbocycles. The van der Waals surface area contributed by atoms with Gasteiger partial charge in [0.05, 0.1) is 0 Å². The molecule has 18 heavy (non-hydrogen) atoms. The first kappa shape index (κ1) is 13.9. The Labute approximate surface area is 114 Å². The highest BCUT2D eigenvalue weighted by Crippen LogP contribution is 2.38. The van der Waals surface area contributed by atoms with Gasteiger partial charge in [0, 0.05) is 16.9 Å². The van der Waals surface area contributed by atoms with E-state index < -0.39 is 0 Å². The predicted molar refractivity (Wildman–Crippen MR) is 77.8 cm³/mol. The summed E-state index contributed by atoms with van der Waals surface area (Å²) in [5.41, 5.74) is 2.95. The number of benzene rings is 1. The van der Waals surface area contributed by atoms with Gasteiger partial charge in [-0.2, -0.15) is 11.8 Å². The second-order valence-electron chi connectivity index (χ2n) is 5.06. The van der Waals surface area contributed by atoms with Gasteiger partial charge < -0.3 is 5.32 Å². The first-order valence-electron chi connectivity index (χ1n) is 6.75. The third kappa shape index (κ3) is 2.89. The average molecular weight is 267 g/mol. The summed E-state index contributed by atoms with van der Waals surface area (Å²) in [6.45, 7) is 6.95. The molecule has 1 aliphatic heterocycles. The van der Waals surface area contributed by atoms with Crippen molar-refractivity contribution in [3.05, 3.63) is 34.6 Å². The molecule has 0 spiro atoms. The summed E-state index contributed by atoms with van der Waals surface area (Å²) in [4.78, 5) is 0. The van der Waals surface area contributed by atoms with Crippen LogP contribution in [0.25, 0.3) is 0 Å². The van der Waals surface area contributed by atoms with Crippen molar-refractivity contribution in [2.45, 2.75) is 44.9 Å². The van der Waals surface area contributed by atoms with E-state index in [0.29, 0.717) is 5.25 Å². The van der Waals surface area contributed by atoms with Gasteiger partial charge in [0.2, 0.25) is 0 Å². The minimum atomic E-state index is -0.0500. The normalized spacial score (nSPS) is 21.2. The summed E-state index contributed by atoms with van der Waals surface area (Å²) in [7, 11) is 0. The number of halogens is 1. The Morgan fingerprint density at radius 1 is 1.44 bits per heavy atom. The van der Waals surface area contributed by atoms with Crippen LogP contribution >= 0.6 is 11.8 Å². The Morgan fingerprint density at radius 3 is 2.78 bits per heavy atom. The lowest BCUT2D eigenvalue weighted by Crippen LogP contribution is -2.30. The molecule has 1 fully saturated rings. The Hall–Kier alpha value is -0.540. The molecule has 100 valence electrons. The molecular weight excluding hydrogens is 245 g/mol. The second kappa shape index (κ2) is 6.07. The van der Waals surface area contributed by atoms with Crippen LogP contribution in [0.4, 0.5) is 4.39 Å². The molecule has 1 aromatic carbocycles. The lowest BCUT2D eigenvalue weighted by molar-refractivity contribution is 0.486. The van der Waals surface area contributed by atoms with Crippen molar-refractivity contribution in [3.8, 4) is 0 Å². The van der Waals surface area contributed by atoms with Crippen molar-refractivity contribution in [2.75, 3.05) is 12.3 Å². The number of rotatable bonds is 4. The zero-order chi connectivity index (χ0) is 13.1. The van der Waals surface area contributed by atoms with E-state index in [1.165, 1.54) is 18.6 Å². The first-order chi connectivity index (χ1) is 8.63. The number of hydrogen-bond acceptors (Lipinski definition) is 2. The van der Waals surface area contributed by atoms with Crippen LogP contribution in [-0.4, -0.2) is 17.5 Å². The number of hydrogen-bond donors (Lipinski definition) is 1. The van der Waals surface area contributed by atoms with E-state index in [1.54, 1.807) is 6.07 Å². The fourth-order valence-corrected chi connectivity index (χ4v) is 4.22. The number of nitrogens with one attached hydrogen (secondary N) is 1. The standard InChI is InChI=1S/C15H22FNS/c1-4-17-15(13-6-5-7-18-13)14-11(3)8-10(2)9-12(14)16/h8-9,13,15,17H,4-7H2,1-3H3. The molecule has 3 heteroatoms. The Morgan fingerprint density at radius 2 is 2.22 bits per heavy atom. The maximum Gasteiger partial charge on any atom is 0.128 e. The molecule has 1 saturated heterocycles. The maximum absolute atomic E-state index is 14.3. The molecule has 0 saturated carbocycles. The molecule has 1 N–H and O–H groups in total. The van der Waals surface area contributed by atoms with Gasteiger partial charge in [-0.3, -0.25) is 0 Å². The molecule has 2 atom stereocenters. The molecule has 0 aromatic heterocycles. The van der Waals surface area contributed by atoms with Gasteiger partial charge in [-0.15, -0.1) is 0 Å². The van der Waals surface area contributed by atoms with Crippen LogP contribution in [0.2, 0.25) is 0 Å². The van der Waals surface area contributed by atoms with Crippen LogP contribution in [0.15, 0.2) is 12.1 Å². The summed E-state index contributed by atoms with van der Waals surface area (Å²) < 4.78 is 14.3. The van der Waals surface area contributed by atoms with E-state index in [2.05, 4.69) is 18.3 Å². The smallest absolute Gasteiger partial charge is 0.128 e. The molecule has 1 nitrogen and oxygen atoms in total. The highest BCUT2D eigenvalue weighted by Gasteiger charge is 2.29. The Balaban J connectivity index is 2.35. The van der Waals surface area contributed by atoms with E-state index in [4.69, 9.17) is 0 Å². The van der Waals surface area contributed by atoms with E-state index in [0.717, 1.165) is 23.2 Å². The van der Waals surface area contributed by atoms with Crippen LogP contribution < -0.4 is 5.32 Å². The number of aryl methyl sites for hydroxylation is 2. The molecular formula is C15H22FNS. The lowest BCUT2D eigenvalue weighted by atomic mass is 9.94. The minimum Gasteiger partial charge on any atom is -0.309 e. The fraction of sp³-hybridized carbons (Fsp3) is 0.600. The van der Waals surface area contributed by atoms with Crippen LogP contribution in [0, 0.1) is 19.7 Å². The highest BCUT2D eigenvalue weighted by atomic mass is 32.2. The average Bonchev–Trinajstić information content (AvgIpc) is 2.79. The fourth-order valence-electron chi connectivity index (χ4n) is 2.83. The molecule has 1 aromatic rings. The van der Waals surface area contributed by atoms with Crippen LogP contribution in [0.3, 0.4) is 0 Å². The van der Waals surface area contributed by atoms with Crippen molar-refractivity contribution in [1.29, 1.82) is 0 Å². The van der Waals surface area contributed by atoms with Gasteiger partial charge in [-0.1, -0.05) is 13.0 Å². The third-order valence-electron chi connectivity index (χ3n) is 3.55. The quantitative estimate of drug-likeness (QED) is 0.885. The molecule has 0 bridgehead atoms. The summed E-state index contributed by atoms with van der Waals surface area (Å²) >= 11 is 1.98. The van der Waals surface area contributed by atoms with E-state index in [1.807, 2.05) is 25.6 Å². The van der Waals surface area contributed by atoms with E-state index in [-0.39, 0.29) is 11.9 Å². The molecule has 2 rings (SSSR count). The lowest BCUT2D eigenvalue weighted by Gasteiger charge is -2.26. The largest absolute Gasteiger partial charge is 0.309 e. The summed E-state index contributed by atoms with van der Waals surface area (Å²) in [5, 5.41) is 4.00. The molecule has 1 heterocycles. The van der Waals surface area contributed by atoms with Gasteiger partial charge in [-0.25, -0.2) is 4.39 Å². The van der Waals surface area contributed by atoms with Gasteiger partial charge in [-0.05, 0) is 56.2 Å². The molecule has 0 amide bonds. The minimum absolute atomic E-state index is 0.0500. The zero-order valence-corrected chi connectivity index (χ0v) is 12.2. The van der Waals surface area contributed by atoms with Crippen molar-refractivity contribution in [3.63, 3.8) is 0 Å². The molecule has 2 unspecified atom stereocenters. The van der Waals surface area contributed by atoms with Gasteiger partial charge >= 0.3 is 0 Å². The maximum atomic E-state index is 14.3. The summed E-state index contributed by atoms with van der Waals surface area (Å²) in [5.74, 6) is 1.16. The van der Waals surface area contributed by atoms with E-state index >= 15 is 0 Å². The highest BCUT2D eigenvalue weighted by molar-refractivity contribution is 8.00. The Kier molecular flexibility index (Phi) is 4.68. The second-order valence-corrected chi connectivity index (χ2v) is 6.41. The first-order valence-corrected chi connectivity index (χ1v) is 7.80. The summed E-state index contributed by atoms with van der Waals surface area (Å²) in [6.07, 6.45) is 2.44. The monoisotopic (exact) mass is 267 g/mol. The van der Waals surface area contributed by atoms with Crippen molar-refractivity contribution in [2.24, 2.45) is 0 Å². The topological polar surface area (TPSA) is 12.0 Å². The van der Waals surface area contributed by atoms with Crippen molar-refractivity contribution >= 4 is 11.8 Å². The van der Waals surface area contributed by atoms with Crippen LogP contribution in [0.1, 0.15) is 42.5 Å². The Bertz CT molecular complexity index is 390. The van der Waals surface area contributed by atoms with Gasteiger partial charge in [0.25, 0.3) is 0 Å². The van der Waals surface area contributed by atoms with E-state index in [9.17, 15) is 4.39 Å². The van der Waals surface area contributed by atoms with Crippen LogP contribution in [0.5, 0.6) is 0 Å². The SMILES string of the molecule is CCNC(c1c(C)cc(C)cc1F)C1CCCS1. The van der Waals surface area contributed by atoms with Gasteiger partial charge in [0.15, 0.2) is 0 Å². The zero-order valence-electron chi connectivity index (χ0n) is 11.4. The third-order valence-corrected chi connectivity index (χ3v) is 5.01. The predicted octanol–water partition coefficient (Wildman–Crippen LogP) is 3.99. The number of thioether (sulfide) groups is 1. The van der Waals surface area contributed by atoms with Crippen LogP contribution in [-0.2, 0) is 0 Å². The summed E-state index contributed by atoms with van der Waals surface area (Å²) in [6, 6.07) is 3.90. The van der Waals surface area contributed by atoms with Crippen molar-refractivity contribution in [1.82, 2.24) is 5.32 Å². The molecule has 1 aliphatic rings. The molecule has 0 radical (unpaired) electrons. The van der Waals surface area contributed by atoms with Gasteiger partial charge in [0.1, 0.15) is 5.82 Å². The van der Waals surface area contributed by atoms with Crippen molar-refractivity contribution < 1.29 is 4.39 Å².